The number of alkyl halides is 3. The fourth-order valence-electron chi connectivity index (χ4n) is 2.93. The molecule has 0 unspecified atom stereocenters. The molecule has 3 aromatic rings. The first-order valence-electron chi connectivity index (χ1n) is 8.42. The Morgan fingerprint density at radius 3 is 2.58 bits per heavy atom. The van der Waals surface area contributed by atoms with Gasteiger partial charge in [-0.2, -0.15) is 13.2 Å². The van der Waals surface area contributed by atoms with Gasteiger partial charge in [-0.25, -0.2) is 0 Å². The highest BCUT2D eigenvalue weighted by Gasteiger charge is 2.36. The fourth-order valence-corrected chi connectivity index (χ4v) is 4.76. The second-order valence-corrected chi connectivity index (χ2v) is 8.87. The molecule has 0 aliphatic carbocycles. The summed E-state index contributed by atoms with van der Waals surface area (Å²) in [5, 5.41) is 0.513. The largest absolute Gasteiger partial charge is 0.462 e. The number of anilines is 1. The molecule has 1 aliphatic heterocycles. The van der Waals surface area contributed by atoms with E-state index in [0.29, 0.717) is 0 Å². The second-order valence-electron chi connectivity index (χ2n) is 6.35. The van der Waals surface area contributed by atoms with Gasteiger partial charge in [0.1, 0.15) is 6.26 Å². The van der Waals surface area contributed by atoms with Gasteiger partial charge in [0, 0.05) is 5.02 Å². The average molecular weight is 502 g/mol. The maximum Gasteiger partial charge on any atom is 0.416 e. The monoisotopic (exact) mass is 501 g/mol. The summed E-state index contributed by atoms with van der Waals surface area (Å²) in [6.07, 6.45) is -2.16. The summed E-state index contributed by atoms with van der Waals surface area (Å²) in [6.45, 7) is 0. The third kappa shape index (κ3) is 4.10. The fraction of sp³-hybridized carbons (Fsp3) is 0.0500. The van der Waals surface area contributed by atoms with E-state index in [9.17, 15) is 22.8 Å². The molecule has 1 aromatic heterocycles. The van der Waals surface area contributed by atoms with Crippen molar-refractivity contribution in [1.29, 1.82) is 0 Å². The molecular weight excluding hydrogens is 494 g/mol. The number of thiocarbonyl (C=S) groups is 1. The van der Waals surface area contributed by atoms with Crippen molar-refractivity contribution in [2.45, 2.75) is 6.18 Å². The molecule has 0 spiro atoms. The number of thioether (sulfide) groups is 1. The van der Waals surface area contributed by atoms with Crippen molar-refractivity contribution in [2.75, 3.05) is 4.90 Å². The van der Waals surface area contributed by atoms with Crippen molar-refractivity contribution in [1.82, 2.24) is 0 Å². The molecule has 1 fully saturated rings. The van der Waals surface area contributed by atoms with E-state index in [1.54, 1.807) is 0 Å². The first-order valence-corrected chi connectivity index (χ1v) is 10.4. The molecule has 0 saturated carbocycles. The average Bonchev–Trinajstić information content (AvgIpc) is 2.97. The number of rotatable bonds is 2. The number of benzene rings is 2. The van der Waals surface area contributed by atoms with E-state index >= 15 is 0 Å². The molecule has 2 aromatic carbocycles. The van der Waals surface area contributed by atoms with Gasteiger partial charge in [0.2, 0.25) is 0 Å². The number of hydrogen-bond acceptors (Lipinski definition) is 5. The number of carbonyl (C=O) groups is 1. The first-order chi connectivity index (χ1) is 14.6. The molecule has 0 radical (unpaired) electrons. The van der Waals surface area contributed by atoms with Crippen LogP contribution < -0.4 is 10.3 Å². The summed E-state index contributed by atoms with van der Waals surface area (Å²) < 4.78 is 44.5. The summed E-state index contributed by atoms with van der Waals surface area (Å²) in [5.41, 5.74) is -1.23. The van der Waals surface area contributed by atoms with Gasteiger partial charge < -0.3 is 4.42 Å². The Labute approximate surface area is 192 Å². The van der Waals surface area contributed by atoms with Gasteiger partial charge in [-0.05, 0) is 36.4 Å². The molecule has 1 aliphatic rings. The number of nitrogens with zero attached hydrogens (tertiary/aromatic N) is 1. The minimum Gasteiger partial charge on any atom is -0.462 e. The van der Waals surface area contributed by atoms with E-state index in [4.69, 9.17) is 39.8 Å². The standard InChI is InChI=1S/C20H8Cl2F3NO3S2/c21-11-6-13-16(27)9(8-29-17(13)14(22)7-11)4-15-18(28)26(19(30)31-15)12-3-1-2-10(5-12)20(23,24)25/h1-8H. The zero-order valence-electron chi connectivity index (χ0n) is 15.0. The third-order valence-corrected chi connectivity index (χ3v) is 6.13. The van der Waals surface area contributed by atoms with Crippen molar-refractivity contribution in [3.63, 3.8) is 0 Å². The number of amides is 1. The van der Waals surface area contributed by atoms with Crippen LogP contribution in [0.2, 0.25) is 10.0 Å². The predicted molar refractivity (Wildman–Crippen MR) is 120 cm³/mol. The molecule has 31 heavy (non-hydrogen) atoms. The summed E-state index contributed by atoms with van der Waals surface area (Å²) in [4.78, 5) is 26.7. The van der Waals surface area contributed by atoms with Gasteiger partial charge in [0.15, 0.2) is 15.3 Å². The molecule has 11 heteroatoms. The normalized spacial score (nSPS) is 16.0. The van der Waals surface area contributed by atoms with Crippen LogP contribution in [0.4, 0.5) is 18.9 Å². The van der Waals surface area contributed by atoms with Gasteiger partial charge >= 0.3 is 6.18 Å². The summed E-state index contributed by atoms with van der Waals surface area (Å²) in [7, 11) is 0. The highest BCUT2D eigenvalue weighted by Crippen LogP contribution is 2.38. The van der Waals surface area contributed by atoms with Crippen molar-refractivity contribution in [3.8, 4) is 0 Å². The minimum absolute atomic E-state index is 0.0233. The molecule has 4 rings (SSSR count). The number of fused-ring (bicyclic) bond motifs is 1. The number of halogens is 5. The van der Waals surface area contributed by atoms with Gasteiger partial charge in [0.25, 0.3) is 5.91 Å². The summed E-state index contributed by atoms with van der Waals surface area (Å²) >= 11 is 18.0. The van der Waals surface area contributed by atoms with Crippen molar-refractivity contribution >= 4 is 80.1 Å². The van der Waals surface area contributed by atoms with Crippen LogP contribution in [0, 0.1) is 0 Å². The lowest BCUT2D eigenvalue weighted by atomic mass is 10.1. The minimum atomic E-state index is -4.57. The quantitative estimate of drug-likeness (QED) is 0.295. The van der Waals surface area contributed by atoms with Crippen molar-refractivity contribution < 1.29 is 22.4 Å². The zero-order valence-corrected chi connectivity index (χ0v) is 18.1. The Morgan fingerprint density at radius 1 is 1.13 bits per heavy atom. The SMILES string of the molecule is O=C1C(=Cc2coc3c(Cl)cc(Cl)cc3c2=O)SC(=S)N1c1cccc(C(F)(F)F)c1. The smallest absolute Gasteiger partial charge is 0.416 e. The van der Waals surface area contributed by atoms with Crippen LogP contribution in [-0.2, 0) is 11.0 Å². The Morgan fingerprint density at radius 2 is 1.87 bits per heavy atom. The molecule has 2 heterocycles. The molecule has 0 bridgehead atoms. The van der Waals surface area contributed by atoms with Crippen LogP contribution in [-0.4, -0.2) is 10.2 Å². The molecular formula is C20H8Cl2F3NO3S2. The lowest BCUT2D eigenvalue weighted by Gasteiger charge is -2.16. The molecule has 1 saturated heterocycles. The molecule has 4 nitrogen and oxygen atoms in total. The number of hydrogen-bond donors (Lipinski definition) is 0. The third-order valence-electron chi connectivity index (χ3n) is 4.33. The first kappa shape index (κ1) is 21.9. The van der Waals surface area contributed by atoms with Gasteiger partial charge in [-0.15, -0.1) is 0 Å². The summed E-state index contributed by atoms with van der Waals surface area (Å²) in [6, 6.07) is 7.08. The van der Waals surface area contributed by atoms with E-state index in [-0.39, 0.29) is 41.5 Å². The molecule has 1 amide bonds. The molecule has 158 valence electrons. The van der Waals surface area contributed by atoms with Crippen molar-refractivity contribution in [2.24, 2.45) is 0 Å². The Kier molecular flexibility index (Phi) is 5.63. The zero-order chi connectivity index (χ0) is 22.5. The second kappa shape index (κ2) is 7.98. The molecule has 0 atom stereocenters. The van der Waals surface area contributed by atoms with Gasteiger partial charge in [0.05, 0.1) is 32.1 Å². The maximum atomic E-state index is 13.0. The lowest BCUT2D eigenvalue weighted by Crippen LogP contribution is -2.27. The van der Waals surface area contributed by atoms with E-state index in [0.717, 1.165) is 35.1 Å². The van der Waals surface area contributed by atoms with Crippen LogP contribution in [0.3, 0.4) is 0 Å². The summed E-state index contributed by atoms with van der Waals surface area (Å²) in [5.74, 6) is -0.655. The highest BCUT2D eigenvalue weighted by atomic mass is 35.5. The lowest BCUT2D eigenvalue weighted by molar-refractivity contribution is -0.137. The number of carbonyl (C=O) groups excluding carboxylic acids is 1. The highest BCUT2D eigenvalue weighted by molar-refractivity contribution is 8.27. The Hall–Kier alpha value is -2.33. The van der Waals surface area contributed by atoms with Gasteiger partial charge in [-0.3, -0.25) is 14.5 Å². The van der Waals surface area contributed by atoms with E-state index in [1.165, 1.54) is 30.3 Å². The molecule has 0 N–H and O–H groups in total. The Balaban J connectivity index is 1.75. The van der Waals surface area contributed by atoms with Gasteiger partial charge in [-0.1, -0.05) is 53.2 Å². The van der Waals surface area contributed by atoms with E-state index in [2.05, 4.69) is 0 Å². The van der Waals surface area contributed by atoms with E-state index in [1.807, 2.05) is 0 Å². The topological polar surface area (TPSA) is 50.5 Å². The van der Waals surface area contributed by atoms with E-state index < -0.39 is 23.1 Å². The van der Waals surface area contributed by atoms with Crippen LogP contribution in [0.5, 0.6) is 0 Å². The van der Waals surface area contributed by atoms with Crippen LogP contribution >= 0.6 is 47.2 Å². The van der Waals surface area contributed by atoms with Crippen LogP contribution in [0.15, 0.2) is 56.8 Å². The van der Waals surface area contributed by atoms with Crippen molar-refractivity contribution in [3.05, 3.63) is 79.0 Å². The Bertz CT molecular complexity index is 1350. The van der Waals surface area contributed by atoms with Crippen LogP contribution in [0.25, 0.3) is 17.0 Å². The maximum absolute atomic E-state index is 13.0. The predicted octanol–water partition coefficient (Wildman–Crippen LogP) is 6.52. The van der Waals surface area contributed by atoms with Crippen LogP contribution in [0.1, 0.15) is 11.1 Å².